The average Bonchev–Trinajstić information content (AvgIpc) is 2.53. The number of carbonyl (C=O) groups is 2. The van der Waals surface area contributed by atoms with E-state index in [-0.39, 0.29) is 39.9 Å². The lowest BCUT2D eigenvalue weighted by atomic mass is 9.78. The van der Waals surface area contributed by atoms with Crippen LogP contribution in [0.15, 0.2) is 12.1 Å². The molecule has 3 N–H and O–H groups in total. The summed E-state index contributed by atoms with van der Waals surface area (Å²) in [5, 5.41) is 3.39. The second-order valence-corrected chi connectivity index (χ2v) is 7.21. The molecule has 1 saturated carbocycles. The number of esters is 1. The molecule has 1 aromatic carbocycles. The first kappa shape index (κ1) is 18.9. The van der Waals surface area contributed by atoms with Crippen molar-refractivity contribution in [2.75, 3.05) is 12.3 Å². The zero-order chi connectivity index (χ0) is 17.9. The molecule has 0 radical (unpaired) electrons. The highest BCUT2D eigenvalue weighted by Gasteiger charge is 2.28. The number of ether oxygens (including phenoxy) is 1. The minimum absolute atomic E-state index is 0.0555. The van der Waals surface area contributed by atoms with Gasteiger partial charge in [0.1, 0.15) is 0 Å². The van der Waals surface area contributed by atoms with Gasteiger partial charge in [-0.2, -0.15) is 0 Å². The third kappa shape index (κ3) is 4.54. The molecule has 0 saturated heterocycles. The molecular weight excluding hydrogens is 351 g/mol. The number of nitrogen functional groups attached to an aromatic ring is 1. The smallest absolute Gasteiger partial charge is 0.340 e. The van der Waals surface area contributed by atoms with E-state index in [1.165, 1.54) is 18.6 Å². The maximum atomic E-state index is 12.1. The van der Waals surface area contributed by atoms with E-state index >= 15 is 0 Å². The molecule has 0 spiro atoms. The fourth-order valence-electron chi connectivity index (χ4n) is 3.00. The highest BCUT2D eigenvalue weighted by Crippen LogP contribution is 2.30. The third-order valence-corrected chi connectivity index (χ3v) is 5.23. The molecule has 0 aromatic heterocycles. The molecule has 1 aliphatic carbocycles. The molecule has 5 nitrogen and oxygen atoms in total. The fourth-order valence-corrected chi connectivity index (χ4v) is 3.49. The van der Waals surface area contributed by atoms with E-state index in [0.717, 1.165) is 12.8 Å². The first-order valence-corrected chi connectivity index (χ1v) is 8.76. The van der Waals surface area contributed by atoms with Crippen LogP contribution in [0.1, 0.15) is 43.5 Å². The van der Waals surface area contributed by atoms with Crippen molar-refractivity contribution in [3.05, 3.63) is 27.7 Å². The molecule has 0 unspecified atom stereocenters. The molecule has 7 heteroatoms. The van der Waals surface area contributed by atoms with E-state index in [1.807, 2.05) is 0 Å². The van der Waals surface area contributed by atoms with Gasteiger partial charge in [0.25, 0.3) is 5.91 Å². The fraction of sp³-hybridized carbons (Fsp3) is 0.529. The maximum absolute atomic E-state index is 12.1. The number of halogens is 2. The zero-order valence-corrected chi connectivity index (χ0v) is 15.3. The summed E-state index contributed by atoms with van der Waals surface area (Å²) in [5.41, 5.74) is 5.89. The Labute approximate surface area is 151 Å². The van der Waals surface area contributed by atoms with Crippen molar-refractivity contribution in [1.29, 1.82) is 0 Å². The molecule has 1 aliphatic rings. The summed E-state index contributed by atoms with van der Waals surface area (Å²) < 4.78 is 5.04. The van der Waals surface area contributed by atoms with Gasteiger partial charge in [-0.3, -0.25) is 4.79 Å². The number of carbonyl (C=O) groups excluding carboxylic acids is 2. The summed E-state index contributed by atoms with van der Waals surface area (Å²) in [6.45, 7) is 3.96. The number of rotatable bonds is 4. The standard InChI is InChI=1S/C17H22Cl2N2O3/c1-9-4-3-5-14(10(9)2)21-15(22)8-24-17(23)12-6-11(18)7-13(19)16(12)20/h6-7,9-10,14H,3-5,8,20H2,1-2H3,(H,21,22)/t9-,10+,14+/m0/s1. The number of hydrogen-bond acceptors (Lipinski definition) is 4. The van der Waals surface area contributed by atoms with Crippen LogP contribution >= 0.6 is 23.2 Å². The Morgan fingerprint density at radius 3 is 2.71 bits per heavy atom. The largest absolute Gasteiger partial charge is 0.452 e. The first-order chi connectivity index (χ1) is 11.3. The van der Waals surface area contributed by atoms with Crippen LogP contribution in [-0.2, 0) is 9.53 Å². The van der Waals surface area contributed by atoms with Gasteiger partial charge in [-0.05, 0) is 30.4 Å². The highest BCUT2D eigenvalue weighted by molar-refractivity contribution is 6.37. The Hall–Kier alpha value is -1.46. The van der Waals surface area contributed by atoms with Crippen LogP contribution in [0.2, 0.25) is 10.0 Å². The van der Waals surface area contributed by atoms with Gasteiger partial charge >= 0.3 is 5.97 Å². The molecule has 0 heterocycles. The van der Waals surface area contributed by atoms with Crippen molar-refractivity contribution in [3.63, 3.8) is 0 Å². The van der Waals surface area contributed by atoms with Gasteiger partial charge < -0.3 is 15.8 Å². The van der Waals surface area contributed by atoms with E-state index in [1.54, 1.807) is 0 Å². The summed E-state index contributed by atoms with van der Waals surface area (Å²) in [6.07, 6.45) is 3.22. The second-order valence-electron chi connectivity index (χ2n) is 6.37. The van der Waals surface area contributed by atoms with Gasteiger partial charge in [0.15, 0.2) is 6.61 Å². The second kappa shape index (κ2) is 8.08. The molecule has 0 aliphatic heterocycles. The number of nitrogens with one attached hydrogen (secondary N) is 1. The van der Waals surface area contributed by atoms with E-state index < -0.39 is 5.97 Å². The Bertz CT molecular complexity index is 637. The normalized spacial score (nSPS) is 23.6. The van der Waals surface area contributed by atoms with E-state index in [4.69, 9.17) is 33.7 Å². The SMILES string of the molecule is C[C@@H]1[C@@H](C)CCC[C@H]1NC(=O)COC(=O)c1cc(Cl)cc(Cl)c1N. The van der Waals surface area contributed by atoms with Crippen molar-refractivity contribution in [1.82, 2.24) is 5.32 Å². The van der Waals surface area contributed by atoms with Crippen LogP contribution in [0.4, 0.5) is 5.69 Å². The van der Waals surface area contributed by atoms with Crippen LogP contribution in [-0.4, -0.2) is 24.5 Å². The van der Waals surface area contributed by atoms with Crippen molar-refractivity contribution >= 4 is 40.8 Å². The van der Waals surface area contributed by atoms with E-state index in [0.29, 0.717) is 11.8 Å². The summed E-state index contributed by atoms with van der Waals surface area (Å²) in [5.74, 6) is -0.0705. The summed E-state index contributed by atoms with van der Waals surface area (Å²) in [6, 6.07) is 2.92. The predicted molar refractivity (Wildman–Crippen MR) is 95.3 cm³/mol. The number of amides is 1. The van der Waals surface area contributed by atoms with Crippen LogP contribution in [0.3, 0.4) is 0 Å². The topological polar surface area (TPSA) is 81.4 Å². The van der Waals surface area contributed by atoms with Gasteiger partial charge in [0.2, 0.25) is 0 Å². The number of anilines is 1. The summed E-state index contributed by atoms with van der Waals surface area (Å²) >= 11 is 11.7. The molecule has 1 aromatic rings. The molecule has 132 valence electrons. The number of nitrogens with two attached hydrogens (primary N) is 1. The van der Waals surface area contributed by atoms with E-state index in [9.17, 15) is 9.59 Å². The first-order valence-electron chi connectivity index (χ1n) is 8.00. The summed E-state index contributed by atoms with van der Waals surface area (Å²) in [7, 11) is 0. The molecule has 24 heavy (non-hydrogen) atoms. The lowest BCUT2D eigenvalue weighted by molar-refractivity contribution is -0.125. The third-order valence-electron chi connectivity index (χ3n) is 4.70. The van der Waals surface area contributed by atoms with Crippen molar-refractivity contribution in [3.8, 4) is 0 Å². The molecule has 2 rings (SSSR count). The van der Waals surface area contributed by atoms with Crippen LogP contribution in [0.25, 0.3) is 0 Å². The maximum Gasteiger partial charge on any atom is 0.340 e. The average molecular weight is 373 g/mol. The number of benzene rings is 1. The highest BCUT2D eigenvalue weighted by atomic mass is 35.5. The minimum atomic E-state index is -0.725. The van der Waals surface area contributed by atoms with Gasteiger partial charge in [-0.25, -0.2) is 4.79 Å². The lowest BCUT2D eigenvalue weighted by Gasteiger charge is -2.34. The predicted octanol–water partition coefficient (Wildman–Crippen LogP) is 3.67. The molecule has 3 atom stereocenters. The zero-order valence-electron chi connectivity index (χ0n) is 13.8. The van der Waals surface area contributed by atoms with Crippen LogP contribution in [0, 0.1) is 11.8 Å². The van der Waals surface area contributed by atoms with Crippen molar-refractivity contribution in [2.24, 2.45) is 11.8 Å². The molecule has 1 fully saturated rings. The van der Waals surface area contributed by atoms with Gasteiger partial charge in [-0.1, -0.05) is 49.9 Å². The van der Waals surface area contributed by atoms with Crippen molar-refractivity contribution in [2.45, 2.75) is 39.2 Å². The Morgan fingerprint density at radius 1 is 1.29 bits per heavy atom. The Morgan fingerprint density at radius 2 is 2.00 bits per heavy atom. The van der Waals surface area contributed by atoms with Gasteiger partial charge in [0.05, 0.1) is 16.3 Å². The minimum Gasteiger partial charge on any atom is -0.452 e. The van der Waals surface area contributed by atoms with Crippen LogP contribution < -0.4 is 11.1 Å². The molecule has 1 amide bonds. The van der Waals surface area contributed by atoms with Crippen molar-refractivity contribution < 1.29 is 14.3 Å². The monoisotopic (exact) mass is 372 g/mol. The van der Waals surface area contributed by atoms with Gasteiger partial charge in [0, 0.05) is 11.1 Å². The van der Waals surface area contributed by atoms with Crippen LogP contribution in [0.5, 0.6) is 0 Å². The Kier molecular flexibility index (Phi) is 6.35. The van der Waals surface area contributed by atoms with Gasteiger partial charge in [-0.15, -0.1) is 0 Å². The summed E-state index contributed by atoms with van der Waals surface area (Å²) in [4.78, 5) is 24.1. The lowest BCUT2D eigenvalue weighted by Crippen LogP contribution is -2.45. The Balaban J connectivity index is 1.91. The van der Waals surface area contributed by atoms with E-state index in [2.05, 4.69) is 19.2 Å². The molecule has 0 bridgehead atoms. The molecular formula is C17H22Cl2N2O3. The quantitative estimate of drug-likeness (QED) is 0.623. The number of hydrogen-bond donors (Lipinski definition) is 2.